The molecule has 0 aromatic heterocycles. The van der Waals surface area contributed by atoms with Crippen LogP contribution in [0.4, 0.5) is 18.0 Å². The van der Waals surface area contributed by atoms with Gasteiger partial charge in [-0.3, -0.25) is 9.59 Å². The molecule has 0 fully saturated rings. The molecule has 0 aliphatic rings. The summed E-state index contributed by atoms with van der Waals surface area (Å²) in [4.78, 5) is 37.0. The van der Waals surface area contributed by atoms with E-state index in [1.54, 1.807) is 24.3 Å². The molecule has 0 aliphatic carbocycles. The zero-order valence-corrected chi connectivity index (χ0v) is 18.9. The van der Waals surface area contributed by atoms with Crippen molar-refractivity contribution >= 4 is 17.9 Å². The fourth-order valence-corrected chi connectivity index (χ4v) is 3.22. The van der Waals surface area contributed by atoms with Crippen LogP contribution in [-0.2, 0) is 33.5 Å². The maximum absolute atomic E-state index is 13.0. The number of nitrogens with two attached hydrogens (primary N) is 1. The van der Waals surface area contributed by atoms with Crippen LogP contribution in [-0.4, -0.2) is 30.0 Å². The molecule has 0 spiro atoms. The van der Waals surface area contributed by atoms with E-state index in [1.807, 2.05) is 19.9 Å². The average Bonchev–Trinajstić information content (AvgIpc) is 2.76. The lowest BCUT2D eigenvalue weighted by molar-refractivity contribution is -0.137. The van der Waals surface area contributed by atoms with E-state index in [-0.39, 0.29) is 30.9 Å². The number of ether oxygens (including phenoxy) is 1. The molecule has 0 saturated heterocycles. The van der Waals surface area contributed by atoms with Crippen molar-refractivity contribution in [1.29, 1.82) is 0 Å². The first-order valence-electron chi connectivity index (χ1n) is 10.7. The molecule has 34 heavy (non-hydrogen) atoms. The highest BCUT2D eigenvalue weighted by Crippen LogP contribution is 2.29. The summed E-state index contributed by atoms with van der Waals surface area (Å²) in [5, 5.41) is 4.92. The largest absolute Gasteiger partial charge is 0.445 e. The van der Waals surface area contributed by atoms with Crippen molar-refractivity contribution in [1.82, 2.24) is 10.6 Å². The van der Waals surface area contributed by atoms with Crippen LogP contribution in [0.25, 0.3) is 0 Å². The third kappa shape index (κ3) is 8.76. The number of alkyl carbamates (subject to hydrolysis) is 1. The number of amides is 3. The van der Waals surface area contributed by atoms with Crippen LogP contribution >= 0.6 is 0 Å². The van der Waals surface area contributed by atoms with Gasteiger partial charge in [-0.05, 0) is 29.5 Å². The van der Waals surface area contributed by atoms with Gasteiger partial charge in [0.25, 0.3) is 0 Å². The van der Waals surface area contributed by atoms with E-state index >= 15 is 0 Å². The highest BCUT2D eigenvalue weighted by molar-refractivity contribution is 5.90. The number of nitrogens with one attached hydrogen (secondary N) is 2. The van der Waals surface area contributed by atoms with Gasteiger partial charge in [0, 0.05) is 6.42 Å². The third-order valence-electron chi connectivity index (χ3n) is 4.88. The topological polar surface area (TPSA) is 111 Å². The Balaban J connectivity index is 2.06. The zero-order valence-electron chi connectivity index (χ0n) is 18.9. The van der Waals surface area contributed by atoms with Crippen LogP contribution in [0, 0.1) is 5.92 Å². The molecule has 2 aromatic rings. The smallest absolute Gasteiger partial charge is 0.416 e. The quantitative estimate of drug-likeness (QED) is 0.484. The number of primary amides is 1. The molecule has 10 heteroatoms. The Morgan fingerprint density at radius 1 is 0.941 bits per heavy atom. The molecular weight excluding hydrogens is 451 g/mol. The molecule has 0 radical (unpaired) electrons. The van der Waals surface area contributed by atoms with E-state index in [0.29, 0.717) is 0 Å². The minimum absolute atomic E-state index is 0.000619. The second kappa shape index (κ2) is 12.1. The van der Waals surface area contributed by atoms with Crippen LogP contribution in [0.1, 0.15) is 37.0 Å². The third-order valence-corrected chi connectivity index (χ3v) is 4.88. The van der Waals surface area contributed by atoms with Crippen molar-refractivity contribution in [3.05, 3.63) is 71.3 Å². The van der Waals surface area contributed by atoms with Gasteiger partial charge in [-0.25, -0.2) is 4.79 Å². The molecule has 3 amide bonds. The van der Waals surface area contributed by atoms with Crippen molar-refractivity contribution in [2.24, 2.45) is 11.7 Å². The Labute approximate surface area is 195 Å². The van der Waals surface area contributed by atoms with E-state index in [2.05, 4.69) is 10.6 Å². The Bertz CT molecular complexity index is 981. The first kappa shape index (κ1) is 26.7. The molecule has 0 heterocycles. The van der Waals surface area contributed by atoms with Gasteiger partial charge in [-0.1, -0.05) is 62.4 Å². The normalized spacial score (nSPS) is 13.1. The summed E-state index contributed by atoms with van der Waals surface area (Å²) in [6.45, 7) is 3.68. The van der Waals surface area contributed by atoms with Gasteiger partial charge >= 0.3 is 12.3 Å². The predicted octanol–water partition coefficient (Wildman–Crippen LogP) is 3.56. The number of hydrogen-bond donors (Lipinski definition) is 3. The number of benzene rings is 2. The summed E-state index contributed by atoms with van der Waals surface area (Å²) in [7, 11) is 0. The number of rotatable bonds is 10. The van der Waals surface area contributed by atoms with E-state index in [9.17, 15) is 27.6 Å². The molecule has 2 rings (SSSR count). The molecule has 2 atom stereocenters. The van der Waals surface area contributed by atoms with E-state index < -0.39 is 41.7 Å². The number of hydrogen-bond acceptors (Lipinski definition) is 4. The van der Waals surface area contributed by atoms with Gasteiger partial charge in [0.05, 0.1) is 5.56 Å². The average molecular weight is 479 g/mol. The predicted molar refractivity (Wildman–Crippen MR) is 119 cm³/mol. The molecule has 2 aromatic carbocycles. The highest BCUT2D eigenvalue weighted by Gasteiger charge is 2.31. The van der Waals surface area contributed by atoms with Gasteiger partial charge in [-0.2, -0.15) is 13.2 Å². The summed E-state index contributed by atoms with van der Waals surface area (Å²) in [5.74, 6) is -1.61. The molecule has 184 valence electrons. The Kier molecular flexibility index (Phi) is 9.47. The van der Waals surface area contributed by atoms with Crippen molar-refractivity contribution in [3.63, 3.8) is 0 Å². The monoisotopic (exact) mass is 479 g/mol. The lowest BCUT2D eigenvalue weighted by atomic mass is 10.0. The summed E-state index contributed by atoms with van der Waals surface area (Å²) >= 11 is 0. The van der Waals surface area contributed by atoms with Crippen LogP contribution in [0.2, 0.25) is 0 Å². The fourth-order valence-electron chi connectivity index (χ4n) is 3.22. The first-order valence-corrected chi connectivity index (χ1v) is 10.7. The van der Waals surface area contributed by atoms with E-state index in [1.165, 1.54) is 12.1 Å². The molecule has 0 aliphatic heterocycles. The van der Waals surface area contributed by atoms with Gasteiger partial charge in [0.1, 0.15) is 18.7 Å². The lowest BCUT2D eigenvalue weighted by Crippen LogP contribution is -2.54. The Morgan fingerprint density at radius 2 is 1.59 bits per heavy atom. The van der Waals surface area contributed by atoms with E-state index in [4.69, 9.17) is 10.5 Å². The Hall–Kier alpha value is -3.56. The molecule has 4 N–H and O–H groups in total. The number of halogens is 3. The number of carbonyl (C=O) groups is 3. The molecule has 0 unspecified atom stereocenters. The zero-order chi connectivity index (χ0) is 25.3. The minimum Gasteiger partial charge on any atom is -0.445 e. The highest BCUT2D eigenvalue weighted by atomic mass is 19.4. The van der Waals surface area contributed by atoms with Gasteiger partial charge in [-0.15, -0.1) is 0 Å². The maximum Gasteiger partial charge on any atom is 0.416 e. The van der Waals surface area contributed by atoms with Crippen LogP contribution < -0.4 is 16.4 Å². The number of carbonyl (C=O) groups excluding carboxylic acids is 3. The second-order valence-corrected chi connectivity index (χ2v) is 8.25. The van der Waals surface area contributed by atoms with Gasteiger partial charge < -0.3 is 21.1 Å². The van der Waals surface area contributed by atoms with Gasteiger partial charge in [0.2, 0.25) is 11.8 Å². The SMILES string of the molecule is CC(C)C[C@H](NC(=O)OCc1ccccc1)C(=O)N[C@@H](Cc1cccc(C(F)(F)F)c1)C(N)=O. The van der Waals surface area contributed by atoms with Crippen LogP contribution in [0.5, 0.6) is 0 Å². The van der Waals surface area contributed by atoms with Crippen molar-refractivity contribution < 1.29 is 32.3 Å². The lowest BCUT2D eigenvalue weighted by Gasteiger charge is -2.23. The van der Waals surface area contributed by atoms with E-state index in [0.717, 1.165) is 17.7 Å². The summed E-state index contributed by atoms with van der Waals surface area (Å²) in [5.41, 5.74) is 5.45. The standard InChI is InChI=1S/C24H28F3N3O4/c1-15(2)11-20(30-23(33)34-14-16-7-4-3-5-8-16)22(32)29-19(21(28)31)13-17-9-6-10-18(12-17)24(25,26)27/h3-10,12,15,19-20H,11,13-14H2,1-2H3,(H2,28,31)(H,29,32)(H,30,33)/t19-,20-/m0/s1. The fraction of sp³-hybridized carbons (Fsp3) is 0.375. The van der Waals surface area contributed by atoms with Crippen molar-refractivity contribution in [2.75, 3.05) is 0 Å². The summed E-state index contributed by atoms with van der Waals surface area (Å²) < 4.78 is 44.1. The van der Waals surface area contributed by atoms with Gasteiger partial charge in [0.15, 0.2) is 0 Å². The second-order valence-electron chi connectivity index (χ2n) is 8.25. The molecule has 7 nitrogen and oxygen atoms in total. The van der Waals surface area contributed by atoms with Crippen LogP contribution in [0.15, 0.2) is 54.6 Å². The summed E-state index contributed by atoms with van der Waals surface area (Å²) in [6, 6.07) is 11.1. The summed E-state index contributed by atoms with van der Waals surface area (Å²) in [6.07, 6.45) is -5.37. The Morgan fingerprint density at radius 3 is 2.18 bits per heavy atom. The van der Waals surface area contributed by atoms with Crippen LogP contribution in [0.3, 0.4) is 0 Å². The molecule has 0 saturated carbocycles. The van der Waals surface area contributed by atoms with Crippen molar-refractivity contribution in [3.8, 4) is 0 Å². The molecule has 0 bridgehead atoms. The minimum atomic E-state index is -4.55. The maximum atomic E-state index is 13.0. The number of alkyl halides is 3. The van der Waals surface area contributed by atoms with Crippen molar-refractivity contribution in [2.45, 2.75) is 51.6 Å². The molecular formula is C24H28F3N3O4. The first-order chi connectivity index (χ1) is 16.0.